The molecule has 2 fully saturated rings. The van der Waals surface area contributed by atoms with Crippen molar-refractivity contribution in [2.24, 2.45) is 5.92 Å². The summed E-state index contributed by atoms with van der Waals surface area (Å²) in [5, 5.41) is 10.9. The summed E-state index contributed by atoms with van der Waals surface area (Å²) >= 11 is 1.68. The third kappa shape index (κ3) is 4.72. The first kappa shape index (κ1) is 20.4. The average Bonchev–Trinajstić information content (AvgIpc) is 3.49. The number of carbonyl (C=O) groups is 1. The van der Waals surface area contributed by atoms with E-state index in [-0.39, 0.29) is 5.91 Å². The van der Waals surface area contributed by atoms with Crippen LogP contribution in [0.25, 0.3) is 20.7 Å². The highest BCUT2D eigenvalue weighted by atomic mass is 32.1. The lowest BCUT2D eigenvalue weighted by molar-refractivity contribution is 0.0953. The second-order valence-electron chi connectivity index (χ2n) is 8.71. The van der Waals surface area contributed by atoms with Crippen LogP contribution in [0.1, 0.15) is 48.0 Å². The second kappa shape index (κ2) is 8.93. The quantitative estimate of drug-likeness (QED) is 0.514. The Kier molecular flexibility index (Phi) is 5.87. The maximum Gasteiger partial charge on any atom is 0.252 e. The zero-order valence-electron chi connectivity index (χ0n) is 17.9. The molecule has 7 heteroatoms. The Morgan fingerprint density at radius 1 is 1.23 bits per heavy atom. The summed E-state index contributed by atoms with van der Waals surface area (Å²) in [6.07, 6.45) is 7.71. The first-order valence-electron chi connectivity index (χ1n) is 11.3. The van der Waals surface area contributed by atoms with Crippen LogP contribution in [-0.2, 0) is 0 Å². The Morgan fingerprint density at radius 2 is 2.06 bits per heavy atom. The fraction of sp³-hybridized carbons (Fsp3) is 0.458. The van der Waals surface area contributed by atoms with Crippen LogP contribution in [-0.4, -0.2) is 41.6 Å². The molecule has 0 radical (unpaired) electrons. The molecular formula is C24H29N5OS. The number of fused-ring (bicyclic) bond motifs is 1. The minimum Gasteiger partial charge on any atom is -0.354 e. The van der Waals surface area contributed by atoms with Gasteiger partial charge in [-0.2, -0.15) is 0 Å². The van der Waals surface area contributed by atoms with E-state index in [9.17, 15) is 4.79 Å². The molecule has 0 bridgehead atoms. The Morgan fingerprint density at radius 3 is 2.87 bits per heavy atom. The first-order valence-corrected chi connectivity index (χ1v) is 12.1. The summed E-state index contributed by atoms with van der Waals surface area (Å²) in [5.41, 5.74) is 2.73. The molecule has 31 heavy (non-hydrogen) atoms. The third-order valence-electron chi connectivity index (χ3n) is 6.22. The Hall–Kier alpha value is -2.51. The van der Waals surface area contributed by atoms with Gasteiger partial charge in [0.2, 0.25) is 5.95 Å². The highest BCUT2D eigenvalue weighted by Crippen LogP contribution is 2.36. The van der Waals surface area contributed by atoms with E-state index < -0.39 is 0 Å². The minimum atomic E-state index is 0.0251. The van der Waals surface area contributed by atoms with E-state index >= 15 is 0 Å². The van der Waals surface area contributed by atoms with Gasteiger partial charge in [0.05, 0.1) is 10.6 Å². The summed E-state index contributed by atoms with van der Waals surface area (Å²) < 4.78 is 1.11. The molecule has 1 aromatic carbocycles. The van der Waals surface area contributed by atoms with E-state index in [1.165, 1.54) is 12.8 Å². The lowest BCUT2D eigenvalue weighted by atomic mass is 9.95. The third-order valence-corrected chi connectivity index (χ3v) is 7.33. The lowest BCUT2D eigenvalue weighted by Crippen LogP contribution is -2.28. The molecule has 1 aliphatic carbocycles. The molecule has 2 aromatic heterocycles. The van der Waals surface area contributed by atoms with Crippen LogP contribution in [0.4, 0.5) is 5.95 Å². The van der Waals surface area contributed by atoms with Crippen LogP contribution in [0.15, 0.2) is 30.5 Å². The number of thiophene rings is 1. The molecule has 6 nitrogen and oxygen atoms in total. The van der Waals surface area contributed by atoms with Gasteiger partial charge in [0, 0.05) is 34.4 Å². The molecule has 1 aliphatic heterocycles. The average molecular weight is 436 g/mol. The van der Waals surface area contributed by atoms with Crippen LogP contribution >= 0.6 is 11.3 Å². The summed E-state index contributed by atoms with van der Waals surface area (Å²) in [6.45, 7) is 5.19. The zero-order chi connectivity index (χ0) is 21.2. The number of hydrogen-bond donors (Lipinski definition) is 3. The molecule has 3 aromatic rings. The molecule has 3 N–H and O–H groups in total. The molecule has 162 valence electrons. The molecule has 0 unspecified atom stereocenters. The molecule has 0 spiro atoms. The number of nitrogens with zero attached hydrogens (tertiary/aromatic N) is 2. The van der Waals surface area contributed by atoms with Crippen molar-refractivity contribution < 1.29 is 4.79 Å². The van der Waals surface area contributed by atoms with Crippen molar-refractivity contribution in [3.05, 3.63) is 41.6 Å². The molecule has 1 amide bonds. The number of amides is 1. The maximum atomic E-state index is 12.7. The molecule has 5 rings (SSSR count). The Balaban J connectivity index is 1.35. The largest absolute Gasteiger partial charge is 0.354 e. The summed E-state index contributed by atoms with van der Waals surface area (Å²) in [7, 11) is 0. The number of carbonyl (C=O) groups excluding carboxylic acids is 1. The van der Waals surface area contributed by atoms with Crippen LogP contribution in [0.5, 0.6) is 0 Å². The van der Waals surface area contributed by atoms with Crippen LogP contribution < -0.4 is 16.0 Å². The van der Waals surface area contributed by atoms with E-state index in [0.29, 0.717) is 12.0 Å². The van der Waals surface area contributed by atoms with Crippen molar-refractivity contribution in [1.82, 2.24) is 20.6 Å². The van der Waals surface area contributed by atoms with Gasteiger partial charge in [-0.25, -0.2) is 9.97 Å². The van der Waals surface area contributed by atoms with Crippen LogP contribution in [0.2, 0.25) is 0 Å². The van der Waals surface area contributed by atoms with E-state index in [2.05, 4.69) is 33.1 Å². The Labute approximate surface area is 186 Å². The van der Waals surface area contributed by atoms with E-state index in [0.717, 1.165) is 76.6 Å². The number of benzene rings is 1. The van der Waals surface area contributed by atoms with Crippen LogP contribution in [0, 0.1) is 12.8 Å². The second-order valence-corrected chi connectivity index (χ2v) is 9.79. The molecule has 2 aliphatic rings. The smallest absolute Gasteiger partial charge is 0.252 e. The molecule has 1 saturated heterocycles. The molecule has 0 atom stereocenters. The standard InChI is InChI=1S/C24H29N5OS/c1-15-14-27-24(26-12-9-16-7-10-25-11-8-16)29-22(15)21-13-19-18(3-2-4-20(19)31-21)23(30)28-17-5-6-17/h2-4,13-14,16-17,25H,5-12H2,1H3,(H,28,30)(H,26,27,29). The van der Waals surface area contributed by atoms with Gasteiger partial charge in [-0.3, -0.25) is 4.79 Å². The lowest BCUT2D eigenvalue weighted by Gasteiger charge is -2.22. The summed E-state index contributed by atoms with van der Waals surface area (Å²) in [4.78, 5) is 23.1. The molecule has 1 saturated carbocycles. The van der Waals surface area contributed by atoms with Gasteiger partial charge in [0.25, 0.3) is 5.91 Å². The van der Waals surface area contributed by atoms with Gasteiger partial charge in [-0.05, 0) is 81.8 Å². The predicted molar refractivity (Wildman–Crippen MR) is 127 cm³/mol. The number of aromatic nitrogens is 2. The first-order chi connectivity index (χ1) is 15.2. The van der Waals surface area contributed by atoms with Gasteiger partial charge in [-0.15, -0.1) is 11.3 Å². The predicted octanol–water partition coefficient (Wildman–Crippen LogP) is 4.36. The number of nitrogens with one attached hydrogen (secondary N) is 3. The van der Waals surface area contributed by atoms with E-state index in [1.54, 1.807) is 11.3 Å². The van der Waals surface area contributed by atoms with Crippen molar-refractivity contribution in [1.29, 1.82) is 0 Å². The summed E-state index contributed by atoms with van der Waals surface area (Å²) in [6, 6.07) is 8.41. The minimum absolute atomic E-state index is 0.0251. The van der Waals surface area contributed by atoms with Gasteiger partial charge >= 0.3 is 0 Å². The van der Waals surface area contributed by atoms with Gasteiger partial charge in [0.15, 0.2) is 0 Å². The highest BCUT2D eigenvalue weighted by Gasteiger charge is 2.25. The van der Waals surface area contributed by atoms with Crippen molar-refractivity contribution in [2.75, 3.05) is 25.0 Å². The topological polar surface area (TPSA) is 78.9 Å². The fourth-order valence-corrected chi connectivity index (χ4v) is 5.34. The van der Waals surface area contributed by atoms with Crippen LogP contribution in [0.3, 0.4) is 0 Å². The number of hydrogen-bond acceptors (Lipinski definition) is 6. The normalized spacial score (nSPS) is 17.1. The van der Waals surface area contributed by atoms with Crippen molar-refractivity contribution in [3.63, 3.8) is 0 Å². The summed E-state index contributed by atoms with van der Waals surface area (Å²) in [5.74, 6) is 1.48. The van der Waals surface area contributed by atoms with Crippen molar-refractivity contribution >= 4 is 33.3 Å². The van der Waals surface area contributed by atoms with Crippen molar-refractivity contribution in [2.45, 2.75) is 45.1 Å². The number of anilines is 1. The SMILES string of the molecule is Cc1cnc(NCCC2CCNCC2)nc1-c1cc2c(C(=O)NC3CC3)cccc2s1. The number of rotatable bonds is 7. The number of piperidine rings is 1. The molecular weight excluding hydrogens is 406 g/mol. The monoisotopic (exact) mass is 435 g/mol. The van der Waals surface area contributed by atoms with Gasteiger partial charge in [-0.1, -0.05) is 6.07 Å². The van der Waals surface area contributed by atoms with Crippen molar-refractivity contribution in [3.8, 4) is 10.6 Å². The van der Waals surface area contributed by atoms with Gasteiger partial charge < -0.3 is 16.0 Å². The van der Waals surface area contributed by atoms with E-state index in [1.807, 2.05) is 25.3 Å². The maximum absolute atomic E-state index is 12.7. The van der Waals surface area contributed by atoms with Gasteiger partial charge in [0.1, 0.15) is 0 Å². The number of aryl methyl sites for hydroxylation is 1. The molecule has 3 heterocycles. The Bertz CT molecular complexity index is 1080. The fourth-order valence-electron chi connectivity index (χ4n) is 4.20. The van der Waals surface area contributed by atoms with E-state index in [4.69, 9.17) is 4.98 Å². The zero-order valence-corrected chi connectivity index (χ0v) is 18.7. The highest BCUT2D eigenvalue weighted by molar-refractivity contribution is 7.22.